The molecule has 0 radical (unpaired) electrons. The number of likely N-dealkylation sites (tertiary alicyclic amines) is 1. The highest BCUT2D eigenvalue weighted by Crippen LogP contribution is 2.31. The summed E-state index contributed by atoms with van der Waals surface area (Å²) < 4.78 is 29.4. The first-order valence-electron chi connectivity index (χ1n) is 8.54. The molecule has 0 saturated carbocycles. The fourth-order valence-corrected chi connectivity index (χ4v) is 3.53. The zero-order valence-electron chi connectivity index (χ0n) is 14.7. The standard InChI is InChI=1S/C19H17BrF2N4O2/c20-16-6-14(11-25(16)10-13-4-2-1-3-5-13)18(28)24-9-17(27)26-12-19(21,22)7-15(26)8-23/h1-6,11,15H,7,9-10,12H2,(H,24,28)/t15-/m0/s1. The number of nitriles is 1. The summed E-state index contributed by atoms with van der Waals surface area (Å²) in [6.07, 6.45) is 0.956. The predicted octanol–water partition coefficient (Wildman–Crippen LogP) is 2.79. The number of amides is 2. The molecule has 2 aromatic rings. The van der Waals surface area contributed by atoms with Crippen LogP contribution in [0.1, 0.15) is 22.3 Å². The minimum Gasteiger partial charge on any atom is -0.343 e. The number of nitrogens with zero attached hydrogens (tertiary/aromatic N) is 3. The molecular formula is C19H17BrF2N4O2. The SMILES string of the molecule is N#C[C@@H]1CC(F)(F)CN1C(=O)CNC(=O)c1cc(Br)n(Cc2ccccc2)c1. The number of hydrogen-bond donors (Lipinski definition) is 1. The molecule has 3 rings (SSSR count). The molecule has 28 heavy (non-hydrogen) atoms. The van der Waals surface area contributed by atoms with E-state index in [1.807, 2.05) is 34.9 Å². The highest BCUT2D eigenvalue weighted by molar-refractivity contribution is 9.10. The van der Waals surface area contributed by atoms with Crippen LogP contribution in [-0.4, -0.2) is 46.3 Å². The third-order valence-electron chi connectivity index (χ3n) is 4.44. The van der Waals surface area contributed by atoms with E-state index in [9.17, 15) is 18.4 Å². The third-order valence-corrected chi connectivity index (χ3v) is 5.13. The van der Waals surface area contributed by atoms with Crippen molar-refractivity contribution in [3.8, 4) is 6.07 Å². The number of halogens is 3. The van der Waals surface area contributed by atoms with Crippen molar-refractivity contribution >= 4 is 27.7 Å². The zero-order valence-corrected chi connectivity index (χ0v) is 16.3. The minimum atomic E-state index is -3.08. The molecule has 1 aromatic heterocycles. The first-order chi connectivity index (χ1) is 13.3. The molecule has 1 aliphatic rings. The summed E-state index contributed by atoms with van der Waals surface area (Å²) in [4.78, 5) is 25.3. The number of hydrogen-bond acceptors (Lipinski definition) is 3. The van der Waals surface area contributed by atoms with Gasteiger partial charge in [-0.2, -0.15) is 5.26 Å². The number of alkyl halides is 2. The quantitative estimate of drug-likeness (QED) is 0.760. The van der Waals surface area contributed by atoms with Crippen LogP contribution >= 0.6 is 15.9 Å². The van der Waals surface area contributed by atoms with Gasteiger partial charge in [-0.05, 0) is 27.6 Å². The number of nitrogens with one attached hydrogen (secondary N) is 1. The Kier molecular flexibility index (Phi) is 5.79. The van der Waals surface area contributed by atoms with Crippen LogP contribution in [0, 0.1) is 11.3 Å². The van der Waals surface area contributed by atoms with E-state index in [4.69, 9.17) is 5.26 Å². The van der Waals surface area contributed by atoms with Crippen molar-refractivity contribution < 1.29 is 18.4 Å². The Hall–Kier alpha value is -2.73. The van der Waals surface area contributed by atoms with Gasteiger partial charge in [-0.25, -0.2) is 8.78 Å². The second-order valence-corrected chi connectivity index (χ2v) is 7.39. The van der Waals surface area contributed by atoms with Crippen molar-refractivity contribution in [3.05, 3.63) is 58.3 Å². The number of benzene rings is 1. The molecule has 1 fully saturated rings. The summed E-state index contributed by atoms with van der Waals surface area (Å²) in [7, 11) is 0. The number of rotatable bonds is 5. The highest BCUT2D eigenvalue weighted by Gasteiger charge is 2.47. The Labute approximate surface area is 168 Å². The molecule has 2 heterocycles. The summed E-state index contributed by atoms with van der Waals surface area (Å²) in [6, 6.07) is 11.8. The molecule has 1 N–H and O–H groups in total. The molecule has 0 spiro atoms. The van der Waals surface area contributed by atoms with E-state index in [0.717, 1.165) is 10.5 Å². The fourth-order valence-electron chi connectivity index (χ4n) is 3.06. The molecule has 1 aliphatic heterocycles. The normalized spacial score (nSPS) is 17.9. The lowest BCUT2D eigenvalue weighted by Crippen LogP contribution is -2.42. The molecule has 6 nitrogen and oxygen atoms in total. The summed E-state index contributed by atoms with van der Waals surface area (Å²) in [6.45, 7) is -0.701. The van der Waals surface area contributed by atoms with Gasteiger partial charge in [-0.15, -0.1) is 0 Å². The van der Waals surface area contributed by atoms with Gasteiger partial charge in [-0.3, -0.25) is 9.59 Å². The Morgan fingerprint density at radius 3 is 2.71 bits per heavy atom. The van der Waals surface area contributed by atoms with Gasteiger partial charge in [0, 0.05) is 19.2 Å². The summed E-state index contributed by atoms with van der Waals surface area (Å²) in [5.74, 6) is -4.29. The lowest BCUT2D eigenvalue weighted by atomic mass is 10.2. The predicted molar refractivity (Wildman–Crippen MR) is 101 cm³/mol. The molecule has 1 saturated heterocycles. The molecule has 1 atom stereocenters. The van der Waals surface area contributed by atoms with Gasteiger partial charge in [0.15, 0.2) is 0 Å². The van der Waals surface area contributed by atoms with Gasteiger partial charge in [-0.1, -0.05) is 30.3 Å². The highest BCUT2D eigenvalue weighted by atomic mass is 79.9. The molecule has 0 unspecified atom stereocenters. The monoisotopic (exact) mass is 450 g/mol. The van der Waals surface area contributed by atoms with Crippen molar-refractivity contribution in [1.29, 1.82) is 5.26 Å². The van der Waals surface area contributed by atoms with Crippen LogP contribution in [-0.2, 0) is 11.3 Å². The van der Waals surface area contributed by atoms with Crippen molar-refractivity contribution in [1.82, 2.24) is 14.8 Å². The third kappa shape index (κ3) is 4.57. The summed E-state index contributed by atoms with van der Waals surface area (Å²) in [5.41, 5.74) is 1.39. The Bertz CT molecular complexity index is 924. The minimum absolute atomic E-state index is 0.333. The van der Waals surface area contributed by atoms with E-state index >= 15 is 0 Å². The smallest absolute Gasteiger partial charge is 0.268 e. The van der Waals surface area contributed by atoms with Gasteiger partial charge in [0.05, 0.1) is 29.3 Å². The van der Waals surface area contributed by atoms with E-state index in [0.29, 0.717) is 16.7 Å². The first kappa shape index (κ1) is 20.0. The topological polar surface area (TPSA) is 78.1 Å². The lowest BCUT2D eigenvalue weighted by Gasteiger charge is -2.19. The van der Waals surface area contributed by atoms with Crippen LogP contribution in [0.3, 0.4) is 0 Å². The number of aromatic nitrogens is 1. The molecular weight excluding hydrogens is 434 g/mol. The zero-order chi connectivity index (χ0) is 20.3. The maximum absolute atomic E-state index is 13.4. The Morgan fingerprint density at radius 1 is 1.32 bits per heavy atom. The fraction of sp³-hybridized carbons (Fsp3) is 0.316. The molecule has 9 heteroatoms. The molecule has 2 amide bonds. The van der Waals surface area contributed by atoms with E-state index in [1.165, 1.54) is 0 Å². The van der Waals surface area contributed by atoms with Gasteiger partial charge < -0.3 is 14.8 Å². The second kappa shape index (κ2) is 8.10. The van der Waals surface area contributed by atoms with Crippen LogP contribution < -0.4 is 5.32 Å². The van der Waals surface area contributed by atoms with E-state index in [-0.39, 0.29) is 0 Å². The first-order valence-corrected chi connectivity index (χ1v) is 9.33. The lowest BCUT2D eigenvalue weighted by molar-refractivity contribution is -0.131. The Morgan fingerprint density at radius 2 is 2.04 bits per heavy atom. The maximum Gasteiger partial charge on any atom is 0.268 e. The number of carbonyl (C=O) groups excluding carboxylic acids is 2. The van der Waals surface area contributed by atoms with Crippen LogP contribution in [0.15, 0.2) is 47.2 Å². The van der Waals surface area contributed by atoms with Crippen molar-refractivity contribution in [2.45, 2.75) is 24.9 Å². The van der Waals surface area contributed by atoms with Crippen LogP contribution in [0.2, 0.25) is 0 Å². The Balaban J connectivity index is 1.60. The van der Waals surface area contributed by atoms with Gasteiger partial charge in [0.1, 0.15) is 6.04 Å². The van der Waals surface area contributed by atoms with Gasteiger partial charge >= 0.3 is 0 Å². The van der Waals surface area contributed by atoms with Gasteiger partial charge in [0.25, 0.3) is 11.8 Å². The average molecular weight is 451 g/mol. The van der Waals surface area contributed by atoms with Crippen LogP contribution in [0.25, 0.3) is 0 Å². The largest absolute Gasteiger partial charge is 0.343 e. The van der Waals surface area contributed by atoms with Crippen LogP contribution in [0.4, 0.5) is 8.78 Å². The van der Waals surface area contributed by atoms with E-state index in [1.54, 1.807) is 18.3 Å². The van der Waals surface area contributed by atoms with Crippen LogP contribution in [0.5, 0.6) is 0 Å². The van der Waals surface area contributed by atoms with E-state index < -0.39 is 43.3 Å². The average Bonchev–Trinajstić information content (AvgIpc) is 3.19. The summed E-state index contributed by atoms with van der Waals surface area (Å²) >= 11 is 3.39. The van der Waals surface area contributed by atoms with Crippen molar-refractivity contribution in [2.75, 3.05) is 13.1 Å². The van der Waals surface area contributed by atoms with Gasteiger partial charge in [0.2, 0.25) is 5.91 Å². The molecule has 0 aliphatic carbocycles. The number of carbonyl (C=O) groups is 2. The summed E-state index contributed by atoms with van der Waals surface area (Å²) in [5, 5.41) is 11.4. The molecule has 0 bridgehead atoms. The van der Waals surface area contributed by atoms with E-state index in [2.05, 4.69) is 21.2 Å². The molecule has 1 aromatic carbocycles. The second-order valence-electron chi connectivity index (χ2n) is 6.57. The van der Waals surface area contributed by atoms with Crippen molar-refractivity contribution in [2.24, 2.45) is 0 Å². The maximum atomic E-state index is 13.4. The molecule has 146 valence electrons. The van der Waals surface area contributed by atoms with Crippen molar-refractivity contribution in [3.63, 3.8) is 0 Å².